The maximum atomic E-state index is 11.7. The molecular formula is C16H11Cl2NO4. The van der Waals surface area contributed by atoms with Crippen molar-refractivity contribution in [3.8, 4) is 0 Å². The Bertz CT molecular complexity index is 757. The zero-order valence-corrected chi connectivity index (χ0v) is 13.3. The molecule has 0 heterocycles. The summed E-state index contributed by atoms with van der Waals surface area (Å²) < 4.78 is 5.05. The van der Waals surface area contributed by atoms with Gasteiger partial charge in [0.25, 0.3) is 5.69 Å². The Morgan fingerprint density at radius 3 is 2.48 bits per heavy atom. The van der Waals surface area contributed by atoms with Crippen LogP contribution in [0.5, 0.6) is 0 Å². The molecule has 0 aliphatic carbocycles. The van der Waals surface area contributed by atoms with Crippen LogP contribution in [0.3, 0.4) is 0 Å². The third-order valence-electron chi connectivity index (χ3n) is 2.89. The van der Waals surface area contributed by atoms with Crippen LogP contribution in [0.1, 0.15) is 11.1 Å². The first-order valence-corrected chi connectivity index (χ1v) is 7.24. The van der Waals surface area contributed by atoms with Gasteiger partial charge in [-0.25, -0.2) is 4.79 Å². The minimum atomic E-state index is -0.547. The molecule has 0 amide bonds. The summed E-state index contributed by atoms with van der Waals surface area (Å²) in [5, 5.41) is 11.5. The Morgan fingerprint density at radius 2 is 1.87 bits per heavy atom. The maximum absolute atomic E-state index is 11.7. The molecule has 2 rings (SSSR count). The topological polar surface area (TPSA) is 69.4 Å². The number of halogens is 2. The molecule has 0 saturated heterocycles. The first kappa shape index (κ1) is 17.0. The van der Waals surface area contributed by atoms with Gasteiger partial charge in [-0.2, -0.15) is 0 Å². The summed E-state index contributed by atoms with van der Waals surface area (Å²) in [5.41, 5.74) is 1.28. The number of carbonyl (C=O) groups excluding carboxylic acids is 1. The minimum absolute atomic E-state index is 0.0163. The second-order valence-corrected chi connectivity index (χ2v) is 5.37. The van der Waals surface area contributed by atoms with Crippen LogP contribution < -0.4 is 0 Å². The van der Waals surface area contributed by atoms with Gasteiger partial charge in [0.05, 0.1) is 4.92 Å². The van der Waals surface area contributed by atoms with Crippen molar-refractivity contribution in [2.24, 2.45) is 0 Å². The molecule has 0 radical (unpaired) electrons. The molecule has 0 N–H and O–H groups in total. The number of nitro benzene ring substituents is 1. The number of nitro groups is 1. The van der Waals surface area contributed by atoms with Gasteiger partial charge in [0.15, 0.2) is 0 Å². The SMILES string of the molecule is O=C(C=Cc1ccc(Cl)cc1Cl)OCc1ccc([N+](=O)[O-])cc1. The van der Waals surface area contributed by atoms with Gasteiger partial charge >= 0.3 is 5.97 Å². The van der Waals surface area contributed by atoms with E-state index < -0.39 is 10.9 Å². The molecular weight excluding hydrogens is 341 g/mol. The molecule has 2 aromatic carbocycles. The Hall–Kier alpha value is -2.37. The molecule has 0 atom stereocenters. The number of hydrogen-bond acceptors (Lipinski definition) is 4. The number of hydrogen-bond donors (Lipinski definition) is 0. The highest BCUT2D eigenvalue weighted by molar-refractivity contribution is 6.35. The van der Waals surface area contributed by atoms with Crippen LogP contribution in [-0.2, 0) is 16.1 Å². The van der Waals surface area contributed by atoms with Crippen molar-refractivity contribution in [2.45, 2.75) is 6.61 Å². The van der Waals surface area contributed by atoms with E-state index in [9.17, 15) is 14.9 Å². The first-order valence-electron chi connectivity index (χ1n) is 6.49. The minimum Gasteiger partial charge on any atom is -0.458 e. The van der Waals surface area contributed by atoms with E-state index in [0.717, 1.165) is 0 Å². The highest BCUT2D eigenvalue weighted by Gasteiger charge is 2.05. The molecule has 7 heteroatoms. The van der Waals surface area contributed by atoms with Gasteiger partial charge in [-0.15, -0.1) is 0 Å². The maximum Gasteiger partial charge on any atom is 0.331 e. The van der Waals surface area contributed by atoms with Gasteiger partial charge in [-0.1, -0.05) is 29.3 Å². The van der Waals surface area contributed by atoms with Gasteiger partial charge in [0.1, 0.15) is 6.61 Å². The zero-order chi connectivity index (χ0) is 16.8. The van der Waals surface area contributed by atoms with Crippen molar-refractivity contribution in [3.05, 3.63) is 79.8 Å². The van der Waals surface area contributed by atoms with Crippen LogP contribution in [0.25, 0.3) is 6.08 Å². The summed E-state index contributed by atoms with van der Waals surface area (Å²) in [6, 6.07) is 10.7. The summed E-state index contributed by atoms with van der Waals surface area (Å²) in [6.07, 6.45) is 2.78. The van der Waals surface area contributed by atoms with Crippen molar-refractivity contribution in [3.63, 3.8) is 0 Å². The third kappa shape index (κ3) is 5.09. The lowest BCUT2D eigenvalue weighted by Crippen LogP contribution is -2.00. The lowest BCUT2D eigenvalue weighted by atomic mass is 10.2. The number of carbonyl (C=O) groups is 1. The van der Waals surface area contributed by atoms with Crippen LogP contribution in [0.4, 0.5) is 5.69 Å². The van der Waals surface area contributed by atoms with E-state index in [2.05, 4.69) is 0 Å². The number of benzene rings is 2. The average molecular weight is 352 g/mol. The van der Waals surface area contributed by atoms with E-state index in [4.69, 9.17) is 27.9 Å². The molecule has 0 fully saturated rings. The largest absolute Gasteiger partial charge is 0.458 e. The fraction of sp³-hybridized carbons (Fsp3) is 0.0625. The predicted molar refractivity (Wildman–Crippen MR) is 88.4 cm³/mol. The quantitative estimate of drug-likeness (QED) is 0.340. The lowest BCUT2D eigenvalue weighted by Gasteiger charge is -2.02. The number of non-ortho nitro benzene ring substituents is 1. The fourth-order valence-corrected chi connectivity index (χ4v) is 2.18. The Kier molecular flexibility index (Phi) is 5.73. The molecule has 0 aromatic heterocycles. The summed E-state index contributed by atoms with van der Waals surface area (Å²) >= 11 is 11.8. The van der Waals surface area contributed by atoms with E-state index in [0.29, 0.717) is 21.2 Å². The number of esters is 1. The Labute approximate surface area is 142 Å². The van der Waals surface area contributed by atoms with Crippen molar-refractivity contribution in [1.82, 2.24) is 0 Å². The van der Waals surface area contributed by atoms with E-state index in [-0.39, 0.29) is 12.3 Å². The second-order valence-electron chi connectivity index (χ2n) is 4.53. The van der Waals surface area contributed by atoms with Gasteiger partial charge in [0.2, 0.25) is 0 Å². The molecule has 0 saturated carbocycles. The number of nitrogens with zero attached hydrogens (tertiary/aromatic N) is 1. The van der Waals surface area contributed by atoms with Crippen LogP contribution in [0.15, 0.2) is 48.5 Å². The Morgan fingerprint density at radius 1 is 1.17 bits per heavy atom. The standard InChI is InChI=1S/C16H11Cl2NO4/c17-13-5-3-12(15(18)9-13)4-8-16(20)23-10-11-1-6-14(7-2-11)19(21)22/h1-9H,10H2. The zero-order valence-electron chi connectivity index (χ0n) is 11.7. The van der Waals surface area contributed by atoms with Crippen molar-refractivity contribution < 1.29 is 14.5 Å². The van der Waals surface area contributed by atoms with Crippen molar-refractivity contribution in [1.29, 1.82) is 0 Å². The second kappa shape index (κ2) is 7.76. The lowest BCUT2D eigenvalue weighted by molar-refractivity contribution is -0.384. The third-order valence-corrected chi connectivity index (χ3v) is 3.45. The van der Waals surface area contributed by atoms with Crippen LogP contribution in [0, 0.1) is 10.1 Å². The van der Waals surface area contributed by atoms with Crippen LogP contribution >= 0.6 is 23.2 Å². The first-order chi connectivity index (χ1) is 11.0. The molecule has 0 spiro atoms. The summed E-state index contributed by atoms with van der Waals surface area (Å²) in [7, 11) is 0. The Balaban J connectivity index is 1.92. The van der Waals surface area contributed by atoms with Crippen LogP contribution in [0.2, 0.25) is 10.0 Å². The van der Waals surface area contributed by atoms with Gasteiger partial charge in [-0.05, 0) is 41.5 Å². The van der Waals surface area contributed by atoms with E-state index in [1.54, 1.807) is 18.2 Å². The van der Waals surface area contributed by atoms with Gasteiger partial charge < -0.3 is 4.74 Å². The summed E-state index contributed by atoms with van der Waals surface area (Å²) in [4.78, 5) is 21.7. The molecule has 0 unspecified atom stereocenters. The normalized spacial score (nSPS) is 10.7. The van der Waals surface area contributed by atoms with E-state index >= 15 is 0 Å². The van der Waals surface area contributed by atoms with Crippen molar-refractivity contribution >= 4 is 40.9 Å². The fourth-order valence-electron chi connectivity index (χ4n) is 1.71. The van der Waals surface area contributed by atoms with Gasteiger partial charge in [0, 0.05) is 28.3 Å². The van der Waals surface area contributed by atoms with E-state index in [1.165, 1.54) is 36.4 Å². The number of ether oxygens (including phenoxy) is 1. The number of rotatable bonds is 5. The molecule has 2 aromatic rings. The molecule has 5 nitrogen and oxygen atoms in total. The van der Waals surface area contributed by atoms with E-state index in [1.807, 2.05) is 0 Å². The van der Waals surface area contributed by atoms with Gasteiger partial charge in [-0.3, -0.25) is 10.1 Å². The monoisotopic (exact) mass is 351 g/mol. The highest BCUT2D eigenvalue weighted by Crippen LogP contribution is 2.22. The molecule has 0 bridgehead atoms. The highest BCUT2D eigenvalue weighted by atomic mass is 35.5. The molecule has 118 valence electrons. The molecule has 0 aliphatic rings. The average Bonchev–Trinajstić information content (AvgIpc) is 2.52. The predicted octanol–water partition coefficient (Wildman–Crippen LogP) is 4.66. The molecule has 23 heavy (non-hydrogen) atoms. The van der Waals surface area contributed by atoms with Crippen LogP contribution in [-0.4, -0.2) is 10.9 Å². The molecule has 0 aliphatic heterocycles. The van der Waals surface area contributed by atoms with Crippen molar-refractivity contribution in [2.75, 3.05) is 0 Å². The smallest absolute Gasteiger partial charge is 0.331 e. The summed E-state index contributed by atoms with van der Waals surface area (Å²) in [5.74, 6) is -0.547. The summed E-state index contributed by atoms with van der Waals surface area (Å²) in [6.45, 7) is 0.0233.